The van der Waals surface area contributed by atoms with Gasteiger partial charge in [-0.25, -0.2) is 0 Å². The Balaban J connectivity index is 1.61. The number of fused-ring (bicyclic) bond motifs is 5. The van der Waals surface area contributed by atoms with Gasteiger partial charge in [0.25, 0.3) is 0 Å². The number of carbonyl (C=O) groups excluding carboxylic acids is 1. The molecule has 8 unspecified atom stereocenters. The molecule has 0 bridgehead atoms. The van der Waals surface area contributed by atoms with Crippen molar-refractivity contribution >= 4 is 6.29 Å². The van der Waals surface area contributed by atoms with E-state index in [-0.39, 0.29) is 0 Å². The minimum atomic E-state index is 0.405. The molecule has 8 atom stereocenters. The van der Waals surface area contributed by atoms with E-state index in [1.807, 2.05) is 0 Å². The topological polar surface area (TPSA) is 17.1 Å². The van der Waals surface area contributed by atoms with Crippen molar-refractivity contribution in [2.24, 2.45) is 52.8 Å². The Bertz CT molecular complexity index is 439. The average Bonchev–Trinajstić information content (AvgIpc) is 2.93. The maximum atomic E-state index is 11.4. The molecule has 0 aromatic carbocycles. The van der Waals surface area contributed by atoms with Crippen LogP contribution >= 0.6 is 0 Å². The first-order valence-electron chi connectivity index (χ1n) is 9.99. The summed E-state index contributed by atoms with van der Waals surface area (Å²) in [6.07, 6.45) is 12.5. The molecule has 0 aliphatic heterocycles. The zero-order chi connectivity index (χ0) is 15.5. The van der Waals surface area contributed by atoms with Crippen LogP contribution in [0.2, 0.25) is 0 Å². The van der Waals surface area contributed by atoms with Gasteiger partial charge in [0, 0.05) is 5.92 Å². The van der Waals surface area contributed by atoms with Crippen molar-refractivity contribution in [3.8, 4) is 0 Å². The van der Waals surface area contributed by atoms with E-state index in [1.54, 1.807) is 0 Å². The van der Waals surface area contributed by atoms with Gasteiger partial charge in [0.2, 0.25) is 0 Å². The third-order valence-corrected chi connectivity index (χ3v) is 8.98. The van der Waals surface area contributed by atoms with Gasteiger partial charge in [0.05, 0.1) is 0 Å². The van der Waals surface area contributed by atoms with Crippen LogP contribution < -0.4 is 0 Å². The van der Waals surface area contributed by atoms with Crippen LogP contribution in [0.3, 0.4) is 0 Å². The summed E-state index contributed by atoms with van der Waals surface area (Å²) >= 11 is 0. The molecule has 124 valence electrons. The molecule has 0 saturated heterocycles. The fourth-order valence-corrected chi connectivity index (χ4v) is 7.63. The second-order valence-electron chi connectivity index (χ2n) is 9.77. The van der Waals surface area contributed by atoms with Crippen molar-refractivity contribution in [2.75, 3.05) is 0 Å². The maximum Gasteiger partial charge on any atom is 0.123 e. The molecule has 0 heterocycles. The third kappa shape index (κ3) is 2.06. The standard InChI is InChI=1S/C21H34O/c1-13-4-5-14-6-8-18-17-9-7-15(12-22)16(17)10-11-19(18)20(14)21(13,2)3/h12-20H,4-11H2,1-3H3. The highest BCUT2D eigenvalue weighted by atomic mass is 16.1. The van der Waals surface area contributed by atoms with Gasteiger partial charge in [-0.3, -0.25) is 0 Å². The van der Waals surface area contributed by atoms with Crippen molar-refractivity contribution in [1.29, 1.82) is 0 Å². The molecule has 0 radical (unpaired) electrons. The third-order valence-electron chi connectivity index (χ3n) is 8.98. The molecule has 4 saturated carbocycles. The maximum absolute atomic E-state index is 11.4. The predicted octanol–water partition coefficient (Wildman–Crippen LogP) is 5.34. The van der Waals surface area contributed by atoms with E-state index in [1.165, 1.54) is 57.7 Å². The minimum Gasteiger partial charge on any atom is -0.303 e. The zero-order valence-electron chi connectivity index (χ0n) is 14.8. The summed E-state index contributed by atoms with van der Waals surface area (Å²) < 4.78 is 0. The van der Waals surface area contributed by atoms with Crippen LogP contribution in [0, 0.1) is 52.8 Å². The van der Waals surface area contributed by atoms with Gasteiger partial charge in [0.15, 0.2) is 0 Å². The fourth-order valence-electron chi connectivity index (χ4n) is 7.63. The molecule has 0 amide bonds. The second-order valence-corrected chi connectivity index (χ2v) is 9.77. The first-order valence-corrected chi connectivity index (χ1v) is 9.99. The quantitative estimate of drug-likeness (QED) is 0.598. The van der Waals surface area contributed by atoms with Crippen LogP contribution in [0.25, 0.3) is 0 Å². The Morgan fingerprint density at radius 3 is 2.14 bits per heavy atom. The lowest BCUT2D eigenvalue weighted by Gasteiger charge is -2.59. The van der Waals surface area contributed by atoms with Crippen LogP contribution in [0.1, 0.15) is 72.1 Å². The van der Waals surface area contributed by atoms with Gasteiger partial charge < -0.3 is 4.79 Å². The predicted molar refractivity (Wildman–Crippen MR) is 90.4 cm³/mol. The highest BCUT2D eigenvalue weighted by Gasteiger charge is 2.55. The Kier molecular flexibility index (Phi) is 3.70. The molecule has 0 aromatic rings. The molecule has 22 heavy (non-hydrogen) atoms. The molecule has 0 spiro atoms. The van der Waals surface area contributed by atoms with Crippen molar-refractivity contribution in [2.45, 2.75) is 72.1 Å². The fraction of sp³-hybridized carbons (Fsp3) is 0.952. The highest BCUT2D eigenvalue weighted by molar-refractivity contribution is 5.54. The van der Waals surface area contributed by atoms with Crippen molar-refractivity contribution in [3.05, 3.63) is 0 Å². The lowest BCUT2D eigenvalue weighted by molar-refractivity contribution is -0.117. The summed E-state index contributed by atoms with van der Waals surface area (Å²) in [5, 5.41) is 0. The Labute approximate surface area is 136 Å². The normalized spacial score (nSPS) is 53.2. The number of carbonyl (C=O) groups is 1. The minimum absolute atomic E-state index is 0.405. The molecule has 0 aromatic heterocycles. The summed E-state index contributed by atoms with van der Waals surface area (Å²) in [5.41, 5.74) is 0.530. The molecule has 1 heteroatoms. The molecule has 4 fully saturated rings. The zero-order valence-corrected chi connectivity index (χ0v) is 14.8. The molecular formula is C21H34O. The smallest absolute Gasteiger partial charge is 0.123 e. The van der Waals surface area contributed by atoms with Crippen LogP contribution in [-0.2, 0) is 4.79 Å². The second kappa shape index (κ2) is 5.35. The lowest BCUT2D eigenvalue weighted by Crippen LogP contribution is -2.52. The van der Waals surface area contributed by atoms with E-state index in [0.717, 1.165) is 41.4 Å². The summed E-state index contributed by atoms with van der Waals surface area (Å²) in [4.78, 5) is 11.4. The van der Waals surface area contributed by atoms with Gasteiger partial charge in [-0.1, -0.05) is 20.8 Å². The Morgan fingerprint density at radius 2 is 1.36 bits per heavy atom. The molecule has 1 nitrogen and oxygen atoms in total. The lowest BCUT2D eigenvalue weighted by atomic mass is 9.46. The van der Waals surface area contributed by atoms with E-state index in [2.05, 4.69) is 20.8 Å². The first kappa shape index (κ1) is 15.2. The summed E-state index contributed by atoms with van der Waals surface area (Å²) in [6.45, 7) is 7.65. The first-order chi connectivity index (χ1) is 10.5. The molecule has 4 rings (SSSR count). The SMILES string of the molecule is CC1CCC2CCC3C4CCC(C=O)C4CCC3C2C1(C)C. The van der Waals surface area contributed by atoms with Gasteiger partial charge >= 0.3 is 0 Å². The van der Waals surface area contributed by atoms with E-state index in [0.29, 0.717) is 11.3 Å². The van der Waals surface area contributed by atoms with E-state index in [4.69, 9.17) is 0 Å². The van der Waals surface area contributed by atoms with Gasteiger partial charge in [-0.15, -0.1) is 0 Å². The summed E-state index contributed by atoms with van der Waals surface area (Å²) in [5.74, 6) is 6.83. The highest BCUT2D eigenvalue weighted by Crippen LogP contribution is 2.63. The molecule has 4 aliphatic carbocycles. The van der Waals surface area contributed by atoms with Crippen LogP contribution in [0.4, 0.5) is 0 Å². The molecule has 4 aliphatic rings. The van der Waals surface area contributed by atoms with Crippen LogP contribution in [0.5, 0.6) is 0 Å². The number of hydrogen-bond donors (Lipinski definition) is 0. The van der Waals surface area contributed by atoms with Crippen molar-refractivity contribution in [3.63, 3.8) is 0 Å². The Morgan fingerprint density at radius 1 is 0.773 bits per heavy atom. The van der Waals surface area contributed by atoms with Crippen molar-refractivity contribution < 1.29 is 4.79 Å². The van der Waals surface area contributed by atoms with Gasteiger partial charge in [-0.05, 0) is 98.2 Å². The van der Waals surface area contributed by atoms with Gasteiger partial charge in [0.1, 0.15) is 6.29 Å². The van der Waals surface area contributed by atoms with Crippen molar-refractivity contribution in [1.82, 2.24) is 0 Å². The van der Waals surface area contributed by atoms with Crippen LogP contribution in [-0.4, -0.2) is 6.29 Å². The number of hydrogen-bond acceptors (Lipinski definition) is 1. The average molecular weight is 303 g/mol. The molecular weight excluding hydrogens is 268 g/mol. The summed E-state index contributed by atoms with van der Waals surface area (Å²) in [6, 6.07) is 0. The number of rotatable bonds is 1. The monoisotopic (exact) mass is 302 g/mol. The van der Waals surface area contributed by atoms with E-state index < -0.39 is 0 Å². The number of aldehydes is 1. The van der Waals surface area contributed by atoms with Gasteiger partial charge in [-0.2, -0.15) is 0 Å². The van der Waals surface area contributed by atoms with E-state index >= 15 is 0 Å². The molecule has 0 N–H and O–H groups in total. The largest absolute Gasteiger partial charge is 0.303 e. The Hall–Kier alpha value is -0.330. The van der Waals surface area contributed by atoms with E-state index in [9.17, 15) is 4.79 Å². The van der Waals surface area contributed by atoms with Crippen LogP contribution in [0.15, 0.2) is 0 Å². The summed E-state index contributed by atoms with van der Waals surface area (Å²) in [7, 11) is 0.